The molecule has 3 unspecified atom stereocenters. The molecule has 3 atom stereocenters. The summed E-state index contributed by atoms with van der Waals surface area (Å²) in [6.45, 7) is 0.930. The summed E-state index contributed by atoms with van der Waals surface area (Å²) < 4.78 is 6.02. The van der Waals surface area contributed by atoms with E-state index in [1.54, 1.807) is 0 Å². The number of aliphatic imine (C=N–C) groups is 1. The first kappa shape index (κ1) is 13.9. The molecule has 21 heavy (non-hydrogen) atoms. The van der Waals surface area contributed by atoms with Crippen molar-refractivity contribution < 1.29 is 4.74 Å². The van der Waals surface area contributed by atoms with Crippen molar-refractivity contribution in [3.63, 3.8) is 0 Å². The molecule has 1 heterocycles. The number of nitrogens with two attached hydrogens (primary N) is 1. The van der Waals surface area contributed by atoms with Crippen molar-refractivity contribution in [2.24, 2.45) is 22.1 Å². The quantitative estimate of drug-likeness (QED) is 0.607. The first-order chi connectivity index (χ1) is 10.3. The van der Waals surface area contributed by atoms with Crippen molar-refractivity contribution in [1.29, 1.82) is 0 Å². The zero-order valence-electron chi connectivity index (χ0n) is 13.0. The molecule has 4 rings (SSSR count). The summed E-state index contributed by atoms with van der Waals surface area (Å²) in [6.07, 6.45) is 13.5. The van der Waals surface area contributed by atoms with E-state index in [1.807, 2.05) is 0 Å². The van der Waals surface area contributed by atoms with Gasteiger partial charge in [0.1, 0.15) is 0 Å². The van der Waals surface area contributed by atoms with Gasteiger partial charge in [-0.05, 0) is 32.1 Å². The van der Waals surface area contributed by atoms with E-state index in [4.69, 9.17) is 15.5 Å². The summed E-state index contributed by atoms with van der Waals surface area (Å²) in [5, 5.41) is 3.49. The zero-order chi connectivity index (χ0) is 14.3. The van der Waals surface area contributed by atoms with Crippen LogP contribution in [-0.4, -0.2) is 30.8 Å². The summed E-state index contributed by atoms with van der Waals surface area (Å²) in [7, 11) is 0. The molecule has 1 saturated heterocycles. The maximum absolute atomic E-state index is 6.25. The average molecular weight is 291 g/mol. The van der Waals surface area contributed by atoms with Gasteiger partial charge in [-0.3, -0.25) is 0 Å². The van der Waals surface area contributed by atoms with Crippen LogP contribution in [0.1, 0.15) is 64.2 Å². The van der Waals surface area contributed by atoms with Gasteiger partial charge in [0, 0.05) is 24.0 Å². The molecule has 0 aromatic carbocycles. The minimum atomic E-state index is 0.333. The first-order valence-corrected chi connectivity index (χ1v) is 9.01. The number of hydrogen-bond donors (Lipinski definition) is 2. The molecular weight excluding hydrogens is 262 g/mol. The highest BCUT2D eigenvalue weighted by Crippen LogP contribution is 2.61. The average Bonchev–Trinajstić information content (AvgIpc) is 3.14. The first-order valence-electron chi connectivity index (χ1n) is 9.01. The normalized spacial score (nSPS) is 39.2. The minimum Gasteiger partial charge on any atom is -0.377 e. The van der Waals surface area contributed by atoms with Crippen LogP contribution < -0.4 is 11.1 Å². The molecule has 4 nitrogen and oxygen atoms in total. The minimum absolute atomic E-state index is 0.333. The standard InChI is InChI=1S/C17H29N3O/c18-16(19-12-6-2-1-3-7-12)20-14-13-8-11-21-15(13)17(14)9-4-5-10-17/h12-15H,1-11H2,(H3,18,19,20). The number of rotatable bonds is 2. The van der Waals surface area contributed by atoms with Crippen molar-refractivity contribution in [3.05, 3.63) is 0 Å². The predicted molar refractivity (Wildman–Crippen MR) is 84.2 cm³/mol. The molecule has 0 bridgehead atoms. The Labute approximate surface area is 127 Å². The molecule has 4 fully saturated rings. The lowest BCUT2D eigenvalue weighted by atomic mass is 9.54. The Balaban J connectivity index is 1.45. The van der Waals surface area contributed by atoms with Gasteiger partial charge >= 0.3 is 0 Å². The fourth-order valence-corrected chi connectivity index (χ4v) is 5.48. The van der Waals surface area contributed by atoms with Crippen molar-refractivity contribution in [1.82, 2.24) is 5.32 Å². The summed E-state index contributed by atoms with van der Waals surface area (Å²) in [5.74, 6) is 1.33. The summed E-state index contributed by atoms with van der Waals surface area (Å²) in [6, 6.07) is 0.973. The van der Waals surface area contributed by atoms with Gasteiger partial charge in [-0.15, -0.1) is 0 Å². The van der Waals surface area contributed by atoms with Gasteiger partial charge in [0.05, 0.1) is 12.1 Å². The number of nitrogens with zero attached hydrogens (tertiary/aromatic N) is 1. The molecular formula is C17H29N3O. The van der Waals surface area contributed by atoms with Crippen LogP contribution in [-0.2, 0) is 4.74 Å². The third kappa shape index (κ3) is 2.26. The van der Waals surface area contributed by atoms with Gasteiger partial charge in [-0.2, -0.15) is 0 Å². The fourth-order valence-electron chi connectivity index (χ4n) is 5.48. The predicted octanol–water partition coefficient (Wildman–Crippen LogP) is 2.57. The van der Waals surface area contributed by atoms with Gasteiger partial charge in [-0.1, -0.05) is 32.1 Å². The van der Waals surface area contributed by atoms with Crippen LogP contribution in [0.2, 0.25) is 0 Å². The number of fused-ring (bicyclic) bond motifs is 2. The van der Waals surface area contributed by atoms with E-state index < -0.39 is 0 Å². The lowest BCUT2D eigenvalue weighted by Crippen LogP contribution is -2.61. The SMILES string of the molecule is NC(=NC1C2CCOC2C12CCCC2)NC1CCCCC1. The zero-order valence-corrected chi connectivity index (χ0v) is 13.0. The molecule has 3 saturated carbocycles. The second-order valence-electron chi connectivity index (χ2n) is 7.62. The van der Waals surface area contributed by atoms with Crippen LogP contribution >= 0.6 is 0 Å². The number of ether oxygens (including phenoxy) is 1. The molecule has 3 aliphatic carbocycles. The highest BCUT2D eigenvalue weighted by molar-refractivity contribution is 5.78. The Bertz CT molecular complexity index is 410. The van der Waals surface area contributed by atoms with E-state index in [0.717, 1.165) is 6.61 Å². The van der Waals surface area contributed by atoms with Gasteiger partial charge in [-0.25, -0.2) is 4.99 Å². The van der Waals surface area contributed by atoms with Crippen molar-refractivity contribution in [2.75, 3.05) is 6.61 Å². The van der Waals surface area contributed by atoms with Crippen LogP contribution in [0.25, 0.3) is 0 Å². The number of hydrogen-bond acceptors (Lipinski definition) is 2. The molecule has 4 heteroatoms. The molecule has 4 aliphatic rings. The summed E-state index contributed by atoms with van der Waals surface area (Å²) >= 11 is 0. The summed E-state index contributed by atoms with van der Waals surface area (Å²) in [5.41, 5.74) is 6.58. The van der Waals surface area contributed by atoms with Crippen molar-refractivity contribution in [2.45, 2.75) is 82.4 Å². The molecule has 0 amide bonds. The highest BCUT2D eigenvalue weighted by Gasteiger charge is 2.65. The van der Waals surface area contributed by atoms with Crippen LogP contribution in [0.3, 0.4) is 0 Å². The Kier molecular flexibility index (Phi) is 3.60. The lowest BCUT2D eigenvalue weighted by Gasteiger charge is -2.54. The van der Waals surface area contributed by atoms with E-state index in [-0.39, 0.29) is 0 Å². The van der Waals surface area contributed by atoms with Crippen molar-refractivity contribution in [3.8, 4) is 0 Å². The fraction of sp³-hybridized carbons (Fsp3) is 0.941. The van der Waals surface area contributed by atoms with Crippen LogP contribution in [0.4, 0.5) is 0 Å². The maximum atomic E-state index is 6.25. The smallest absolute Gasteiger partial charge is 0.189 e. The van der Waals surface area contributed by atoms with E-state index in [9.17, 15) is 0 Å². The largest absolute Gasteiger partial charge is 0.377 e. The second kappa shape index (κ2) is 5.45. The Morgan fingerprint density at radius 1 is 1.05 bits per heavy atom. The van der Waals surface area contributed by atoms with Gasteiger partial charge < -0.3 is 15.8 Å². The van der Waals surface area contributed by atoms with E-state index in [2.05, 4.69) is 5.32 Å². The Morgan fingerprint density at radius 2 is 1.81 bits per heavy atom. The number of guanidine groups is 1. The van der Waals surface area contributed by atoms with Crippen LogP contribution in [0.15, 0.2) is 4.99 Å². The van der Waals surface area contributed by atoms with Crippen molar-refractivity contribution >= 4 is 5.96 Å². The third-order valence-electron chi connectivity index (χ3n) is 6.47. The molecule has 0 aromatic heterocycles. The second-order valence-corrected chi connectivity index (χ2v) is 7.62. The van der Waals surface area contributed by atoms with Crippen LogP contribution in [0, 0.1) is 11.3 Å². The number of nitrogens with one attached hydrogen (secondary N) is 1. The van der Waals surface area contributed by atoms with Gasteiger partial charge in [0.2, 0.25) is 0 Å². The molecule has 3 N–H and O–H groups in total. The summed E-state index contributed by atoms with van der Waals surface area (Å²) in [4.78, 5) is 4.96. The van der Waals surface area contributed by atoms with E-state index in [0.29, 0.717) is 35.5 Å². The molecule has 1 spiro atoms. The van der Waals surface area contributed by atoms with Crippen LogP contribution in [0.5, 0.6) is 0 Å². The van der Waals surface area contributed by atoms with Gasteiger partial charge in [0.25, 0.3) is 0 Å². The lowest BCUT2D eigenvalue weighted by molar-refractivity contribution is -0.117. The third-order valence-corrected chi connectivity index (χ3v) is 6.47. The molecule has 0 radical (unpaired) electrons. The Morgan fingerprint density at radius 3 is 2.57 bits per heavy atom. The monoisotopic (exact) mass is 291 g/mol. The van der Waals surface area contributed by atoms with E-state index in [1.165, 1.54) is 64.2 Å². The van der Waals surface area contributed by atoms with E-state index >= 15 is 0 Å². The molecule has 0 aromatic rings. The maximum Gasteiger partial charge on any atom is 0.189 e. The Hall–Kier alpha value is -0.770. The van der Waals surface area contributed by atoms with Gasteiger partial charge in [0.15, 0.2) is 5.96 Å². The molecule has 1 aliphatic heterocycles. The topological polar surface area (TPSA) is 59.6 Å². The highest BCUT2D eigenvalue weighted by atomic mass is 16.5. The molecule has 118 valence electrons.